The van der Waals surface area contributed by atoms with Gasteiger partial charge in [-0.3, -0.25) is 9.36 Å². The summed E-state index contributed by atoms with van der Waals surface area (Å²) in [5, 5.41) is 4.10. The first kappa shape index (κ1) is 21.3. The number of aromatic nitrogens is 3. The second-order valence-corrected chi connectivity index (χ2v) is 7.29. The molecule has 0 saturated carbocycles. The van der Waals surface area contributed by atoms with Gasteiger partial charge in [0.15, 0.2) is 0 Å². The number of hydrogen-bond acceptors (Lipinski definition) is 4. The van der Waals surface area contributed by atoms with E-state index in [-0.39, 0.29) is 29.9 Å². The third-order valence-electron chi connectivity index (χ3n) is 5.13. The first-order chi connectivity index (χ1) is 15.5. The van der Waals surface area contributed by atoms with Crippen LogP contribution in [0.25, 0.3) is 5.69 Å². The first-order valence-electron chi connectivity index (χ1n) is 9.97. The van der Waals surface area contributed by atoms with Crippen molar-refractivity contribution < 1.29 is 8.78 Å². The van der Waals surface area contributed by atoms with E-state index in [0.29, 0.717) is 0 Å². The SMILES string of the molecule is NC(Cn1c(=O)c(Cc2ccccc2F)nn(-c2ccccc2F)c1=O)c1ccccc1. The fraction of sp³-hybridized carbons (Fsp3) is 0.125. The Bertz CT molecular complexity index is 1370. The number of rotatable bonds is 6. The van der Waals surface area contributed by atoms with Crippen molar-refractivity contribution in [3.05, 3.63) is 128 Å². The molecule has 0 aliphatic rings. The Kier molecular flexibility index (Phi) is 6.04. The van der Waals surface area contributed by atoms with E-state index in [9.17, 15) is 18.4 Å². The molecule has 6 nitrogen and oxygen atoms in total. The Hall–Kier alpha value is -3.91. The Balaban J connectivity index is 1.87. The smallest absolute Gasteiger partial charge is 0.322 e. The van der Waals surface area contributed by atoms with Gasteiger partial charge in [-0.2, -0.15) is 9.78 Å². The summed E-state index contributed by atoms with van der Waals surface area (Å²) in [4.78, 5) is 26.3. The molecule has 0 amide bonds. The highest BCUT2D eigenvalue weighted by Crippen LogP contribution is 2.14. The molecule has 1 aromatic heterocycles. The number of hydrogen-bond donors (Lipinski definition) is 1. The van der Waals surface area contributed by atoms with Crippen LogP contribution in [0.5, 0.6) is 0 Å². The molecular weight excluding hydrogens is 414 g/mol. The molecule has 0 fully saturated rings. The standard InChI is InChI=1S/C24H20F2N4O2/c25-18-11-5-4-10-17(18)14-21-23(31)29(15-20(27)16-8-2-1-3-9-16)24(32)30(28-21)22-13-7-6-12-19(22)26/h1-13,20H,14-15,27H2. The predicted octanol–water partition coefficient (Wildman–Crippen LogP) is 2.96. The molecule has 0 saturated heterocycles. The lowest BCUT2D eigenvalue weighted by Crippen LogP contribution is -2.45. The monoisotopic (exact) mass is 434 g/mol. The van der Waals surface area contributed by atoms with E-state index in [1.807, 2.05) is 6.07 Å². The molecule has 162 valence electrons. The van der Waals surface area contributed by atoms with E-state index in [2.05, 4.69) is 5.10 Å². The normalized spacial score (nSPS) is 12.0. The Morgan fingerprint density at radius 1 is 0.844 bits per heavy atom. The topological polar surface area (TPSA) is 82.9 Å². The highest BCUT2D eigenvalue weighted by Gasteiger charge is 2.20. The van der Waals surface area contributed by atoms with Crippen molar-refractivity contribution >= 4 is 0 Å². The minimum Gasteiger partial charge on any atom is -0.322 e. The highest BCUT2D eigenvalue weighted by molar-refractivity contribution is 5.32. The molecule has 2 N–H and O–H groups in total. The van der Waals surface area contributed by atoms with Crippen molar-refractivity contribution in [1.29, 1.82) is 0 Å². The van der Waals surface area contributed by atoms with E-state index < -0.39 is 28.9 Å². The summed E-state index contributed by atoms with van der Waals surface area (Å²) in [7, 11) is 0. The van der Waals surface area contributed by atoms with Crippen LogP contribution >= 0.6 is 0 Å². The van der Waals surface area contributed by atoms with Crippen LogP contribution in [0.15, 0.2) is 88.5 Å². The van der Waals surface area contributed by atoms with Crippen molar-refractivity contribution in [2.75, 3.05) is 0 Å². The number of para-hydroxylation sites is 1. The molecule has 4 rings (SSSR count). The number of nitrogens with zero attached hydrogens (tertiary/aromatic N) is 3. The minimum absolute atomic E-state index is 0.0989. The van der Waals surface area contributed by atoms with Crippen LogP contribution in [-0.4, -0.2) is 14.3 Å². The van der Waals surface area contributed by atoms with Crippen molar-refractivity contribution in [2.24, 2.45) is 5.73 Å². The molecule has 32 heavy (non-hydrogen) atoms. The predicted molar refractivity (Wildman–Crippen MR) is 117 cm³/mol. The van der Waals surface area contributed by atoms with Crippen LogP contribution in [0.2, 0.25) is 0 Å². The molecule has 1 unspecified atom stereocenters. The highest BCUT2D eigenvalue weighted by atomic mass is 19.1. The average Bonchev–Trinajstić information content (AvgIpc) is 2.81. The zero-order valence-electron chi connectivity index (χ0n) is 17.0. The van der Waals surface area contributed by atoms with Crippen molar-refractivity contribution in [1.82, 2.24) is 14.3 Å². The van der Waals surface area contributed by atoms with Gasteiger partial charge in [-0.05, 0) is 29.3 Å². The average molecular weight is 434 g/mol. The molecular formula is C24H20F2N4O2. The van der Waals surface area contributed by atoms with E-state index >= 15 is 0 Å². The van der Waals surface area contributed by atoms with Crippen molar-refractivity contribution in [3.63, 3.8) is 0 Å². The summed E-state index contributed by atoms with van der Waals surface area (Å²) in [5.74, 6) is -1.19. The van der Waals surface area contributed by atoms with Gasteiger partial charge in [0.05, 0.1) is 6.54 Å². The van der Waals surface area contributed by atoms with Crippen LogP contribution in [0.4, 0.5) is 8.78 Å². The third kappa shape index (κ3) is 4.26. The number of halogens is 2. The van der Waals surface area contributed by atoms with Crippen LogP contribution < -0.4 is 17.0 Å². The van der Waals surface area contributed by atoms with Crippen molar-refractivity contribution in [3.8, 4) is 5.69 Å². The van der Waals surface area contributed by atoms with E-state index in [4.69, 9.17) is 5.73 Å². The lowest BCUT2D eigenvalue weighted by atomic mass is 10.1. The summed E-state index contributed by atoms with van der Waals surface area (Å²) >= 11 is 0. The van der Waals surface area contributed by atoms with E-state index in [0.717, 1.165) is 14.8 Å². The maximum Gasteiger partial charge on any atom is 0.352 e. The van der Waals surface area contributed by atoms with Gasteiger partial charge in [0, 0.05) is 12.5 Å². The fourth-order valence-corrected chi connectivity index (χ4v) is 3.44. The van der Waals surface area contributed by atoms with Crippen LogP contribution in [-0.2, 0) is 13.0 Å². The second kappa shape index (κ2) is 9.07. The summed E-state index contributed by atoms with van der Waals surface area (Å²) in [6, 6.07) is 19.9. The zero-order chi connectivity index (χ0) is 22.7. The van der Waals surface area contributed by atoms with Crippen molar-refractivity contribution in [2.45, 2.75) is 19.0 Å². The lowest BCUT2D eigenvalue weighted by Gasteiger charge is -2.16. The van der Waals surface area contributed by atoms with Gasteiger partial charge in [0.25, 0.3) is 5.56 Å². The Labute approximate surface area is 182 Å². The van der Waals surface area contributed by atoms with Gasteiger partial charge in [0.1, 0.15) is 23.0 Å². The molecule has 0 aliphatic heterocycles. The van der Waals surface area contributed by atoms with Gasteiger partial charge in [-0.25, -0.2) is 13.6 Å². The fourth-order valence-electron chi connectivity index (χ4n) is 3.44. The number of nitrogens with two attached hydrogens (primary N) is 1. The molecule has 4 aromatic rings. The third-order valence-corrected chi connectivity index (χ3v) is 5.13. The molecule has 1 atom stereocenters. The zero-order valence-corrected chi connectivity index (χ0v) is 17.0. The largest absolute Gasteiger partial charge is 0.352 e. The van der Waals surface area contributed by atoms with Gasteiger partial charge in [-0.15, -0.1) is 0 Å². The van der Waals surface area contributed by atoms with Crippen LogP contribution in [0, 0.1) is 11.6 Å². The molecule has 0 spiro atoms. The Morgan fingerprint density at radius 3 is 2.16 bits per heavy atom. The van der Waals surface area contributed by atoms with Gasteiger partial charge >= 0.3 is 5.69 Å². The molecule has 8 heteroatoms. The van der Waals surface area contributed by atoms with E-state index in [1.54, 1.807) is 36.4 Å². The maximum atomic E-state index is 14.5. The molecule has 0 bridgehead atoms. The van der Waals surface area contributed by atoms with E-state index in [1.165, 1.54) is 36.4 Å². The molecule has 0 aliphatic carbocycles. The molecule has 1 heterocycles. The Morgan fingerprint density at radius 2 is 1.47 bits per heavy atom. The maximum absolute atomic E-state index is 14.5. The molecule has 0 radical (unpaired) electrons. The summed E-state index contributed by atoms with van der Waals surface area (Å²) < 4.78 is 30.4. The van der Waals surface area contributed by atoms with Crippen LogP contribution in [0.1, 0.15) is 22.9 Å². The number of benzene rings is 3. The van der Waals surface area contributed by atoms with Gasteiger partial charge in [0.2, 0.25) is 0 Å². The van der Waals surface area contributed by atoms with Gasteiger partial charge < -0.3 is 5.73 Å². The van der Waals surface area contributed by atoms with Gasteiger partial charge in [-0.1, -0.05) is 60.7 Å². The molecule has 3 aromatic carbocycles. The minimum atomic E-state index is -0.830. The van der Waals surface area contributed by atoms with Crippen LogP contribution in [0.3, 0.4) is 0 Å². The summed E-state index contributed by atoms with van der Waals surface area (Å²) in [5.41, 5.74) is 5.46. The second-order valence-electron chi connectivity index (χ2n) is 7.29. The first-order valence-corrected chi connectivity index (χ1v) is 9.97. The summed E-state index contributed by atoms with van der Waals surface area (Å²) in [6.07, 6.45) is -0.166. The quantitative estimate of drug-likeness (QED) is 0.506. The lowest BCUT2D eigenvalue weighted by molar-refractivity contribution is 0.496. The summed E-state index contributed by atoms with van der Waals surface area (Å²) in [6.45, 7) is -0.150.